The summed E-state index contributed by atoms with van der Waals surface area (Å²) in [5.41, 5.74) is 2.97. The lowest BCUT2D eigenvalue weighted by atomic mass is 9.45. The van der Waals surface area contributed by atoms with Crippen molar-refractivity contribution in [1.82, 2.24) is 10.4 Å². The number of hydroxylamine groups is 2. The molecule has 3 saturated carbocycles. The number of aliphatic hydroxyl groups is 2. The molecule has 1 saturated heterocycles. The first kappa shape index (κ1) is 29.2. The van der Waals surface area contributed by atoms with Gasteiger partial charge in [0.25, 0.3) is 0 Å². The summed E-state index contributed by atoms with van der Waals surface area (Å²) in [4.78, 5) is 20.2. The number of sulfone groups is 1. The predicted octanol–water partition coefficient (Wildman–Crippen LogP) is 3.42. The molecule has 1 amide bonds. The summed E-state index contributed by atoms with van der Waals surface area (Å²) in [6.45, 7) is 8.51. The first-order valence-electron chi connectivity index (χ1n) is 14.2. The van der Waals surface area contributed by atoms with E-state index in [-0.39, 0.29) is 30.0 Å². The van der Waals surface area contributed by atoms with E-state index in [1.54, 1.807) is 36.3 Å². The van der Waals surface area contributed by atoms with Gasteiger partial charge in [0.15, 0.2) is 9.84 Å². The second-order valence-electron chi connectivity index (χ2n) is 12.7. The number of amides is 1. The van der Waals surface area contributed by atoms with Gasteiger partial charge in [0.2, 0.25) is 5.91 Å². The van der Waals surface area contributed by atoms with Crippen molar-refractivity contribution in [1.29, 1.82) is 0 Å². The van der Waals surface area contributed by atoms with E-state index in [2.05, 4.69) is 26.1 Å². The van der Waals surface area contributed by atoms with Gasteiger partial charge in [0.05, 0.1) is 24.2 Å². The molecule has 3 aliphatic carbocycles. The monoisotopic (exact) mass is 570 g/mol. The molecule has 0 aromatic heterocycles. The van der Waals surface area contributed by atoms with Crippen LogP contribution >= 0.6 is 0 Å². The van der Waals surface area contributed by atoms with Gasteiger partial charge in [0.1, 0.15) is 12.1 Å². The maximum absolute atomic E-state index is 13.8. The zero-order valence-electron chi connectivity index (χ0n) is 23.9. The van der Waals surface area contributed by atoms with Gasteiger partial charge >= 0.3 is 0 Å². The lowest BCUT2D eigenvalue weighted by molar-refractivity contribution is -0.183. The molecule has 1 aliphatic heterocycles. The average molecular weight is 571 g/mol. The van der Waals surface area contributed by atoms with Crippen LogP contribution in [0.4, 0.5) is 0 Å². The normalized spacial score (nSPS) is 32.3. The predicted molar refractivity (Wildman–Crippen MR) is 153 cm³/mol. The van der Waals surface area contributed by atoms with E-state index in [0.717, 1.165) is 23.1 Å². The zero-order chi connectivity index (χ0) is 29.0. The number of carbonyl (C=O) groups excluding carboxylic acids is 1. The third-order valence-electron chi connectivity index (χ3n) is 9.94. The van der Waals surface area contributed by atoms with Crippen molar-refractivity contribution in [2.75, 3.05) is 12.9 Å². The van der Waals surface area contributed by atoms with Crippen LogP contribution in [0, 0.1) is 29.1 Å². The number of hydrogen-bond donors (Lipinski definition) is 3. The van der Waals surface area contributed by atoms with Gasteiger partial charge in [-0.1, -0.05) is 51.1 Å². The molecule has 2 aromatic rings. The van der Waals surface area contributed by atoms with Crippen molar-refractivity contribution in [3.05, 3.63) is 54.1 Å². The molecule has 2 aromatic carbocycles. The molecule has 0 unspecified atom stereocenters. The molecule has 9 heteroatoms. The third-order valence-corrected chi connectivity index (χ3v) is 11.1. The fourth-order valence-electron chi connectivity index (χ4n) is 7.41. The molecule has 4 fully saturated rings. The maximum atomic E-state index is 13.8. The van der Waals surface area contributed by atoms with E-state index in [1.165, 1.54) is 12.7 Å². The number of nitrogens with zero attached hydrogens (tertiary/aromatic N) is 1. The van der Waals surface area contributed by atoms with Gasteiger partial charge in [-0.25, -0.2) is 8.42 Å². The van der Waals surface area contributed by atoms with Gasteiger partial charge in [-0.2, -0.15) is 5.06 Å². The Morgan fingerprint density at radius 3 is 2.42 bits per heavy atom. The molecule has 3 N–H and O–H groups in total. The van der Waals surface area contributed by atoms with Gasteiger partial charge in [-0.15, -0.1) is 0 Å². The minimum absolute atomic E-state index is 0.0761. The summed E-state index contributed by atoms with van der Waals surface area (Å²) < 4.78 is 23.7. The number of hydrogen-bond acceptors (Lipinski definition) is 7. The fourth-order valence-corrected chi connectivity index (χ4v) is 8.04. The largest absolute Gasteiger partial charge is 0.394 e. The molecule has 8 atom stereocenters. The summed E-state index contributed by atoms with van der Waals surface area (Å²) in [5.74, 6) is 0.789. The molecule has 2 bridgehead atoms. The van der Waals surface area contributed by atoms with Crippen LogP contribution in [0.3, 0.4) is 0 Å². The highest BCUT2D eigenvalue weighted by atomic mass is 32.2. The van der Waals surface area contributed by atoms with Gasteiger partial charge in [-0.05, 0) is 77.8 Å². The standard InChI is InChI=1S/C31H42N2O6S/c1-18-25-14-23(31(25,3)4)15-26(18)32-30(36)29-28(19(2)35)27(17-34)39-33(29)16-20-7-6-8-22(13-20)21-9-11-24(12-10-21)40(5,37)38/h6-13,18-19,23,25-29,34-35H,14-17H2,1-5H3,(H,32,36)/t18-,19-,23+,25-,26-,27-,28+,29-/m0/s1. The Balaban J connectivity index is 1.36. The zero-order valence-corrected chi connectivity index (χ0v) is 24.8. The topological polar surface area (TPSA) is 116 Å². The Hall–Kier alpha value is -2.30. The Bertz CT molecular complexity index is 1340. The second-order valence-corrected chi connectivity index (χ2v) is 14.7. The summed E-state index contributed by atoms with van der Waals surface area (Å²) in [6.07, 6.45) is 1.80. The van der Waals surface area contributed by atoms with Gasteiger partial charge in [0, 0.05) is 18.2 Å². The maximum Gasteiger partial charge on any atom is 0.240 e. The van der Waals surface area contributed by atoms with E-state index in [4.69, 9.17) is 4.84 Å². The molecule has 40 heavy (non-hydrogen) atoms. The Morgan fingerprint density at radius 2 is 1.85 bits per heavy atom. The SMILES string of the molecule is C[C@@H]1[C@@H](NC(=O)[C@@H]2[C@H]([C@H](C)O)[C@H](CO)ON2Cc2cccc(-c3ccc(S(C)(=O)=O)cc3)c2)C[C@H]2C[C@@H]1C2(C)C. The molecular formula is C31H42N2O6S. The van der Waals surface area contributed by atoms with Gasteiger partial charge in [-0.3, -0.25) is 9.63 Å². The smallest absolute Gasteiger partial charge is 0.240 e. The van der Waals surface area contributed by atoms with E-state index in [1.807, 2.05) is 24.3 Å². The van der Waals surface area contributed by atoms with Crippen LogP contribution in [-0.2, 0) is 26.0 Å². The number of nitrogens with one attached hydrogen (secondary N) is 1. The van der Waals surface area contributed by atoms with Crippen molar-refractivity contribution in [3.63, 3.8) is 0 Å². The summed E-state index contributed by atoms with van der Waals surface area (Å²) >= 11 is 0. The molecule has 218 valence electrons. The summed E-state index contributed by atoms with van der Waals surface area (Å²) in [7, 11) is -3.28. The highest BCUT2D eigenvalue weighted by molar-refractivity contribution is 7.90. The van der Waals surface area contributed by atoms with Crippen molar-refractivity contribution in [3.8, 4) is 11.1 Å². The molecule has 8 nitrogen and oxygen atoms in total. The molecule has 6 rings (SSSR count). The lowest BCUT2D eigenvalue weighted by Crippen LogP contribution is -2.62. The number of aliphatic hydroxyl groups excluding tert-OH is 2. The summed E-state index contributed by atoms with van der Waals surface area (Å²) in [6, 6.07) is 13.8. The van der Waals surface area contributed by atoms with Crippen molar-refractivity contribution >= 4 is 15.7 Å². The molecule has 0 radical (unpaired) electrons. The lowest BCUT2D eigenvalue weighted by Gasteiger charge is -2.62. The van der Waals surface area contributed by atoms with Crippen molar-refractivity contribution in [2.24, 2.45) is 29.1 Å². The Morgan fingerprint density at radius 1 is 1.15 bits per heavy atom. The highest BCUT2D eigenvalue weighted by Crippen LogP contribution is 2.61. The van der Waals surface area contributed by atoms with E-state index < -0.39 is 34.0 Å². The van der Waals surface area contributed by atoms with Crippen LogP contribution in [0.25, 0.3) is 11.1 Å². The van der Waals surface area contributed by atoms with Crippen LogP contribution in [0.15, 0.2) is 53.4 Å². The minimum atomic E-state index is -3.28. The molecule has 0 spiro atoms. The Kier molecular flexibility index (Phi) is 7.91. The fraction of sp³-hybridized carbons (Fsp3) is 0.581. The van der Waals surface area contributed by atoms with Crippen LogP contribution in [0.5, 0.6) is 0 Å². The number of rotatable bonds is 8. The number of fused-ring (bicyclic) bond motifs is 2. The van der Waals surface area contributed by atoms with Crippen LogP contribution in [0.1, 0.15) is 46.1 Å². The second kappa shape index (κ2) is 10.8. The molecular weight excluding hydrogens is 528 g/mol. The number of benzene rings is 2. The van der Waals surface area contributed by atoms with Crippen LogP contribution < -0.4 is 5.32 Å². The Labute approximate surface area is 237 Å². The van der Waals surface area contributed by atoms with Crippen molar-refractivity contribution < 1.29 is 28.3 Å². The van der Waals surface area contributed by atoms with E-state index in [0.29, 0.717) is 23.2 Å². The van der Waals surface area contributed by atoms with Crippen molar-refractivity contribution in [2.45, 2.75) is 76.3 Å². The van der Waals surface area contributed by atoms with E-state index in [9.17, 15) is 23.4 Å². The van der Waals surface area contributed by atoms with Crippen LogP contribution in [-0.4, -0.2) is 66.8 Å². The number of carbonyl (C=O) groups is 1. The molecule has 1 heterocycles. The first-order valence-corrected chi connectivity index (χ1v) is 16.1. The summed E-state index contributed by atoms with van der Waals surface area (Å²) in [5, 5.41) is 25.6. The average Bonchev–Trinajstić information content (AvgIpc) is 3.27. The highest BCUT2D eigenvalue weighted by Gasteiger charge is 2.57. The minimum Gasteiger partial charge on any atom is -0.394 e. The first-order chi connectivity index (χ1) is 18.8. The quantitative estimate of drug-likeness (QED) is 0.445. The van der Waals surface area contributed by atoms with E-state index >= 15 is 0 Å². The third kappa shape index (κ3) is 5.34. The van der Waals surface area contributed by atoms with Crippen LogP contribution in [0.2, 0.25) is 0 Å². The molecule has 4 aliphatic rings. The van der Waals surface area contributed by atoms with Gasteiger partial charge < -0.3 is 15.5 Å².